The van der Waals surface area contributed by atoms with Crippen LogP contribution in [-0.4, -0.2) is 65.3 Å². The van der Waals surface area contributed by atoms with E-state index in [0.717, 1.165) is 17.4 Å². The van der Waals surface area contributed by atoms with Gasteiger partial charge in [0, 0.05) is 26.2 Å². The van der Waals surface area contributed by atoms with Gasteiger partial charge in [-0.25, -0.2) is 14.6 Å². The van der Waals surface area contributed by atoms with Crippen LogP contribution in [0.25, 0.3) is 10.2 Å². The molecule has 3 heterocycles. The van der Waals surface area contributed by atoms with E-state index < -0.39 is 5.60 Å². The molecule has 0 aliphatic carbocycles. The Bertz CT molecular complexity index is 956. The third-order valence-electron chi connectivity index (χ3n) is 4.65. The molecule has 3 rings (SSSR count). The van der Waals surface area contributed by atoms with Crippen LogP contribution in [0.5, 0.6) is 0 Å². The molecule has 1 fully saturated rings. The largest absolute Gasteiger partial charge is 0.462 e. The molecule has 0 atom stereocenters. The number of halogens is 1. The van der Waals surface area contributed by atoms with Crippen LogP contribution >= 0.6 is 22.9 Å². The van der Waals surface area contributed by atoms with Gasteiger partial charge in [0.15, 0.2) is 0 Å². The molecule has 164 valence electrons. The van der Waals surface area contributed by atoms with Crippen molar-refractivity contribution in [3.05, 3.63) is 15.7 Å². The van der Waals surface area contributed by atoms with E-state index in [9.17, 15) is 9.59 Å². The number of esters is 1. The zero-order chi connectivity index (χ0) is 22.1. The van der Waals surface area contributed by atoms with Crippen LogP contribution in [0.15, 0.2) is 0 Å². The number of rotatable bonds is 3. The summed E-state index contributed by atoms with van der Waals surface area (Å²) in [6.45, 7) is 11.9. The van der Waals surface area contributed by atoms with Crippen LogP contribution in [0.4, 0.5) is 10.6 Å². The minimum atomic E-state index is -0.535. The van der Waals surface area contributed by atoms with Crippen molar-refractivity contribution < 1.29 is 19.1 Å². The number of thiophene rings is 1. The molecule has 0 bridgehead atoms. The lowest BCUT2D eigenvalue weighted by molar-refractivity contribution is 0.0263. The van der Waals surface area contributed by atoms with E-state index in [-0.39, 0.29) is 17.3 Å². The van der Waals surface area contributed by atoms with E-state index in [4.69, 9.17) is 21.1 Å². The van der Waals surface area contributed by atoms with Crippen molar-refractivity contribution in [2.24, 2.45) is 0 Å². The van der Waals surface area contributed by atoms with Gasteiger partial charge in [0.05, 0.1) is 12.0 Å². The van der Waals surface area contributed by atoms with Crippen LogP contribution in [0.2, 0.25) is 5.28 Å². The van der Waals surface area contributed by atoms with Gasteiger partial charge in [-0.1, -0.05) is 0 Å². The average molecular weight is 455 g/mol. The number of carbonyl (C=O) groups excluding carboxylic acids is 2. The lowest BCUT2D eigenvalue weighted by Crippen LogP contribution is -2.39. The molecule has 10 heteroatoms. The maximum absolute atomic E-state index is 12.5. The second kappa shape index (κ2) is 8.93. The molecule has 0 spiro atoms. The van der Waals surface area contributed by atoms with Crippen LogP contribution in [0.3, 0.4) is 0 Å². The Hall–Kier alpha value is -2.13. The highest BCUT2D eigenvalue weighted by Crippen LogP contribution is 2.37. The van der Waals surface area contributed by atoms with Gasteiger partial charge in [0.25, 0.3) is 0 Å². The molecular weight excluding hydrogens is 428 g/mol. The number of ether oxygens (including phenoxy) is 2. The minimum Gasteiger partial charge on any atom is -0.462 e. The van der Waals surface area contributed by atoms with E-state index in [1.54, 1.807) is 11.8 Å². The van der Waals surface area contributed by atoms with E-state index in [0.29, 0.717) is 48.3 Å². The molecule has 2 aromatic rings. The molecule has 1 aliphatic rings. The summed E-state index contributed by atoms with van der Waals surface area (Å²) in [5.74, 6) is 0.312. The van der Waals surface area contributed by atoms with Gasteiger partial charge < -0.3 is 19.3 Å². The lowest BCUT2D eigenvalue weighted by atomic mass is 10.2. The highest BCUT2D eigenvalue weighted by Gasteiger charge is 2.28. The molecule has 8 nitrogen and oxygen atoms in total. The average Bonchev–Trinajstić information content (AvgIpc) is 2.82. The maximum Gasteiger partial charge on any atom is 0.410 e. The summed E-state index contributed by atoms with van der Waals surface area (Å²) in [4.78, 5) is 38.6. The Morgan fingerprint density at radius 1 is 1.17 bits per heavy atom. The van der Waals surface area contributed by atoms with Crippen LogP contribution in [0, 0.1) is 6.92 Å². The van der Waals surface area contributed by atoms with Gasteiger partial charge >= 0.3 is 12.1 Å². The fourth-order valence-corrected chi connectivity index (χ4v) is 4.63. The molecule has 1 amide bonds. The summed E-state index contributed by atoms with van der Waals surface area (Å²) in [5.41, 5.74) is 0.251. The second-order valence-corrected chi connectivity index (χ2v) is 9.42. The molecule has 0 aromatic carbocycles. The molecule has 0 radical (unpaired) electrons. The van der Waals surface area contributed by atoms with E-state index in [1.165, 1.54) is 11.3 Å². The highest BCUT2D eigenvalue weighted by atomic mass is 35.5. The highest BCUT2D eigenvalue weighted by molar-refractivity contribution is 7.20. The van der Waals surface area contributed by atoms with Crippen molar-refractivity contribution in [3.8, 4) is 0 Å². The first kappa shape index (κ1) is 22.6. The molecular formula is C20H27ClN4O4S. The number of fused-ring (bicyclic) bond motifs is 1. The molecule has 1 aliphatic heterocycles. The van der Waals surface area contributed by atoms with Gasteiger partial charge in [-0.3, -0.25) is 0 Å². The second-order valence-electron chi connectivity index (χ2n) is 8.08. The SMILES string of the molecule is CCOC(=O)c1sc2nc(Cl)nc(N3CCCN(C(=O)OC(C)(C)C)CC3)c2c1C. The Labute approximate surface area is 185 Å². The van der Waals surface area contributed by atoms with Crippen LogP contribution in [-0.2, 0) is 9.47 Å². The Morgan fingerprint density at radius 3 is 2.57 bits per heavy atom. The number of hydrogen-bond acceptors (Lipinski definition) is 8. The summed E-state index contributed by atoms with van der Waals surface area (Å²) >= 11 is 7.45. The van der Waals surface area contributed by atoms with Crippen molar-refractivity contribution in [2.45, 2.75) is 46.6 Å². The number of amides is 1. The normalized spacial score (nSPS) is 15.3. The number of aromatic nitrogens is 2. The molecule has 0 unspecified atom stereocenters. The fourth-order valence-electron chi connectivity index (χ4n) is 3.35. The third kappa shape index (κ3) is 4.95. The topological polar surface area (TPSA) is 84.9 Å². The Kier molecular flexibility index (Phi) is 6.71. The number of aryl methyl sites for hydroxylation is 1. The molecule has 0 N–H and O–H groups in total. The summed E-state index contributed by atoms with van der Waals surface area (Å²) in [5, 5.41) is 0.931. The first-order valence-electron chi connectivity index (χ1n) is 9.97. The van der Waals surface area contributed by atoms with Gasteiger partial charge in [0.2, 0.25) is 5.28 Å². The van der Waals surface area contributed by atoms with Crippen molar-refractivity contribution in [1.82, 2.24) is 14.9 Å². The van der Waals surface area contributed by atoms with Gasteiger partial charge in [-0.2, -0.15) is 4.98 Å². The lowest BCUT2D eigenvalue weighted by Gasteiger charge is -2.26. The first-order valence-corrected chi connectivity index (χ1v) is 11.2. The molecule has 2 aromatic heterocycles. The van der Waals surface area contributed by atoms with Crippen LogP contribution in [0.1, 0.15) is 49.4 Å². The summed E-state index contributed by atoms with van der Waals surface area (Å²) in [7, 11) is 0. The smallest absolute Gasteiger partial charge is 0.410 e. The minimum absolute atomic E-state index is 0.127. The summed E-state index contributed by atoms with van der Waals surface area (Å²) in [6, 6.07) is 0. The van der Waals surface area contributed by atoms with Gasteiger partial charge in [0.1, 0.15) is 21.1 Å². The van der Waals surface area contributed by atoms with E-state index in [2.05, 4.69) is 14.9 Å². The predicted molar refractivity (Wildman–Crippen MR) is 118 cm³/mol. The Balaban J connectivity index is 1.89. The van der Waals surface area contributed by atoms with Gasteiger partial charge in [-0.15, -0.1) is 11.3 Å². The maximum atomic E-state index is 12.5. The zero-order valence-corrected chi connectivity index (χ0v) is 19.5. The quantitative estimate of drug-likeness (QED) is 0.505. The van der Waals surface area contributed by atoms with E-state index >= 15 is 0 Å². The Morgan fingerprint density at radius 2 is 1.90 bits per heavy atom. The van der Waals surface area contributed by atoms with Crippen molar-refractivity contribution in [1.29, 1.82) is 0 Å². The van der Waals surface area contributed by atoms with Gasteiger partial charge in [-0.05, 0) is 58.2 Å². The fraction of sp³-hybridized carbons (Fsp3) is 0.600. The van der Waals surface area contributed by atoms with Crippen LogP contribution < -0.4 is 4.90 Å². The first-order chi connectivity index (χ1) is 14.1. The number of carbonyl (C=O) groups is 2. The molecule has 1 saturated heterocycles. The number of anilines is 1. The van der Waals surface area contributed by atoms with Crippen molar-refractivity contribution in [2.75, 3.05) is 37.7 Å². The van der Waals surface area contributed by atoms with E-state index in [1.807, 2.05) is 27.7 Å². The summed E-state index contributed by atoms with van der Waals surface area (Å²) < 4.78 is 10.7. The molecule has 0 saturated carbocycles. The third-order valence-corrected chi connectivity index (χ3v) is 5.99. The summed E-state index contributed by atoms with van der Waals surface area (Å²) in [6.07, 6.45) is 0.447. The standard InChI is InChI=1S/C20H27ClN4O4S/c1-6-28-17(26)14-12(2)13-15(22-18(21)23-16(13)30-14)24-8-7-9-25(11-10-24)19(27)29-20(3,4)5/h6-11H2,1-5H3. The van der Waals surface area contributed by atoms with Crippen molar-refractivity contribution >= 4 is 51.0 Å². The number of hydrogen-bond donors (Lipinski definition) is 0. The molecule has 30 heavy (non-hydrogen) atoms. The van der Waals surface area contributed by atoms with Crippen molar-refractivity contribution in [3.63, 3.8) is 0 Å². The number of nitrogens with zero attached hydrogens (tertiary/aromatic N) is 4. The predicted octanol–water partition coefficient (Wildman–Crippen LogP) is 4.28. The monoisotopic (exact) mass is 454 g/mol. The zero-order valence-electron chi connectivity index (χ0n) is 18.0.